The standard InChI is InChI=1S/C20H26N4OS/c1-22-12-18(21-14-22)17-11-23(10-16-3-2-8-26-16)13-20(17)6-7-24(19(20)25)9-15-4-5-15/h2-3,8,12,14-15,17H,4-7,9-11,13H2,1H3/t17-,20-/m1/s1. The summed E-state index contributed by atoms with van der Waals surface area (Å²) in [7, 11) is 2.01. The monoisotopic (exact) mass is 370 g/mol. The van der Waals surface area contributed by atoms with E-state index < -0.39 is 0 Å². The molecule has 0 unspecified atom stereocenters. The van der Waals surface area contributed by atoms with Crippen LogP contribution in [0.1, 0.15) is 35.8 Å². The lowest BCUT2D eigenvalue weighted by molar-refractivity contribution is -0.136. The largest absolute Gasteiger partial charge is 0.342 e. The summed E-state index contributed by atoms with van der Waals surface area (Å²) in [5.41, 5.74) is 0.809. The molecule has 0 N–H and O–H groups in total. The van der Waals surface area contributed by atoms with E-state index in [1.807, 2.05) is 17.9 Å². The second-order valence-electron chi connectivity index (χ2n) is 8.37. The van der Waals surface area contributed by atoms with E-state index in [9.17, 15) is 4.79 Å². The van der Waals surface area contributed by atoms with Gasteiger partial charge in [-0.15, -0.1) is 11.3 Å². The maximum absolute atomic E-state index is 13.5. The van der Waals surface area contributed by atoms with E-state index in [0.29, 0.717) is 5.91 Å². The first-order valence-corrected chi connectivity index (χ1v) is 10.5. The summed E-state index contributed by atoms with van der Waals surface area (Å²) in [4.78, 5) is 24.2. The van der Waals surface area contributed by atoms with Crippen LogP contribution in [-0.2, 0) is 18.4 Å². The first-order valence-electron chi connectivity index (χ1n) is 9.66. The molecule has 26 heavy (non-hydrogen) atoms. The second-order valence-corrected chi connectivity index (χ2v) is 9.40. The summed E-state index contributed by atoms with van der Waals surface area (Å²) >= 11 is 1.80. The van der Waals surface area contributed by atoms with Gasteiger partial charge in [0.1, 0.15) is 0 Å². The highest BCUT2D eigenvalue weighted by molar-refractivity contribution is 7.09. The van der Waals surface area contributed by atoms with Gasteiger partial charge in [-0.25, -0.2) is 4.98 Å². The molecule has 2 aromatic heterocycles. The minimum absolute atomic E-state index is 0.209. The van der Waals surface area contributed by atoms with E-state index in [4.69, 9.17) is 0 Å². The van der Waals surface area contributed by atoms with E-state index >= 15 is 0 Å². The summed E-state index contributed by atoms with van der Waals surface area (Å²) < 4.78 is 2.01. The molecule has 5 nitrogen and oxygen atoms in total. The Morgan fingerprint density at radius 2 is 2.27 bits per heavy atom. The Balaban J connectivity index is 1.43. The molecular formula is C20H26N4OS. The Kier molecular flexibility index (Phi) is 3.94. The van der Waals surface area contributed by atoms with Crippen LogP contribution < -0.4 is 0 Å². The van der Waals surface area contributed by atoms with Crippen LogP contribution in [0.4, 0.5) is 0 Å². The van der Waals surface area contributed by atoms with Crippen LogP contribution in [0.25, 0.3) is 0 Å². The predicted molar refractivity (Wildman–Crippen MR) is 102 cm³/mol. The third kappa shape index (κ3) is 2.79. The molecule has 3 aliphatic rings. The fourth-order valence-electron chi connectivity index (χ4n) is 4.85. The average molecular weight is 371 g/mol. The first kappa shape index (κ1) is 16.5. The maximum Gasteiger partial charge on any atom is 0.230 e. The molecule has 1 aliphatic carbocycles. The van der Waals surface area contributed by atoms with Crippen LogP contribution in [-0.4, -0.2) is 51.4 Å². The molecule has 2 aromatic rings. The number of imidazole rings is 1. The number of likely N-dealkylation sites (tertiary alicyclic amines) is 2. The van der Waals surface area contributed by atoms with Gasteiger partial charge in [0.15, 0.2) is 0 Å². The number of carbonyl (C=O) groups is 1. The Bertz CT molecular complexity index is 797. The molecule has 6 heteroatoms. The number of rotatable bonds is 5. The van der Waals surface area contributed by atoms with Crippen molar-refractivity contribution < 1.29 is 4.79 Å². The fourth-order valence-corrected chi connectivity index (χ4v) is 5.60. The van der Waals surface area contributed by atoms with Crippen molar-refractivity contribution in [1.29, 1.82) is 0 Å². The minimum Gasteiger partial charge on any atom is -0.342 e. The molecule has 138 valence electrons. The number of thiophene rings is 1. The van der Waals surface area contributed by atoms with Crippen molar-refractivity contribution >= 4 is 17.2 Å². The SMILES string of the molecule is Cn1cnc([C@H]2CN(Cc3cccs3)C[C@]23CCN(CC2CC2)C3=O)c1. The Morgan fingerprint density at radius 3 is 2.96 bits per heavy atom. The van der Waals surface area contributed by atoms with E-state index in [1.165, 1.54) is 17.7 Å². The van der Waals surface area contributed by atoms with Crippen molar-refractivity contribution in [3.05, 3.63) is 40.6 Å². The van der Waals surface area contributed by atoms with Crippen molar-refractivity contribution in [2.24, 2.45) is 18.4 Å². The Labute approximate surface area is 158 Å². The van der Waals surface area contributed by atoms with Gasteiger partial charge in [0.25, 0.3) is 0 Å². The number of aryl methyl sites for hydroxylation is 1. The Hall–Kier alpha value is -1.66. The van der Waals surface area contributed by atoms with E-state index in [-0.39, 0.29) is 11.3 Å². The molecule has 1 amide bonds. The zero-order chi connectivity index (χ0) is 17.7. The second kappa shape index (κ2) is 6.20. The van der Waals surface area contributed by atoms with Crippen molar-refractivity contribution in [1.82, 2.24) is 19.4 Å². The lowest BCUT2D eigenvalue weighted by Crippen LogP contribution is -2.40. The molecular weight excluding hydrogens is 344 g/mol. The zero-order valence-corrected chi connectivity index (χ0v) is 16.1. The van der Waals surface area contributed by atoms with Gasteiger partial charge in [-0.3, -0.25) is 9.69 Å². The number of nitrogens with zero attached hydrogens (tertiary/aromatic N) is 4. The van der Waals surface area contributed by atoms with Crippen LogP contribution >= 0.6 is 11.3 Å². The highest BCUT2D eigenvalue weighted by Crippen LogP contribution is 2.50. The van der Waals surface area contributed by atoms with Crippen LogP contribution in [0.15, 0.2) is 30.0 Å². The van der Waals surface area contributed by atoms with Crippen LogP contribution in [0.3, 0.4) is 0 Å². The van der Waals surface area contributed by atoms with Gasteiger partial charge in [0.05, 0.1) is 17.4 Å². The van der Waals surface area contributed by atoms with Crippen LogP contribution in [0.2, 0.25) is 0 Å². The smallest absolute Gasteiger partial charge is 0.230 e. The molecule has 2 saturated heterocycles. The summed E-state index contributed by atoms with van der Waals surface area (Å²) in [6.07, 6.45) is 7.54. The highest BCUT2D eigenvalue weighted by atomic mass is 32.1. The first-order chi connectivity index (χ1) is 12.6. The van der Waals surface area contributed by atoms with E-state index in [2.05, 4.69) is 38.5 Å². The van der Waals surface area contributed by atoms with Gasteiger partial charge < -0.3 is 9.47 Å². The fraction of sp³-hybridized carbons (Fsp3) is 0.600. The van der Waals surface area contributed by atoms with Gasteiger partial charge in [-0.1, -0.05) is 6.07 Å². The number of carbonyl (C=O) groups excluding carboxylic acids is 1. The molecule has 3 fully saturated rings. The average Bonchev–Trinajstić information content (AvgIpc) is 2.98. The van der Waals surface area contributed by atoms with Gasteiger partial charge in [-0.05, 0) is 36.6 Å². The molecule has 1 saturated carbocycles. The lowest BCUT2D eigenvalue weighted by Gasteiger charge is -2.28. The summed E-state index contributed by atoms with van der Waals surface area (Å²) in [5.74, 6) is 1.35. The number of amides is 1. The molecule has 0 bridgehead atoms. The molecule has 1 spiro atoms. The number of hydrogen-bond acceptors (Lipinski definition) is 4. The third-order valence-electron chi connectivity index (χ3n) is 6.37. The zero-order valence-electron chi connectivity index (χ0n) is 15.3. The maximum atomic E-state index is 13.5. The number of aromatic nitrogens is 2. The van der Waals surface area contributed by atoms with Crippen molar-refractivity contribution in [3.63, 3.8) is 0 Å². The Morgan fingerprint density at radius 1 is 1.38 bits per heavy atom. The quantitative estimate of drug-likeness (QED) is 0.813. The highest BCUT2D eigenvalue weighted by Gasteiger charge is 2.58. The van der Waals surface area contributed by atoms with Crippen molar-refractivity contribution in [2.75, 3.05) is 26.2 Å². The van der Waals surface area contributed by atoms with Crippen LogP contribution in [0, 0.1) is 11.3 Å². The van der Waals surface area contributed by atoms with Crippen molar-refractivity contribution in [2.45, 2.75) is 31.7 Å². The third-order valence-corrected chi connectivity index (χ3v) is 7.23. The molecule has 4 heterocycles. The lowest BCUT2D eigenvalue weighted by atomic mass is 9.75. The normalized spacial score (nSPS) is 29.3. The van der Waals surface area contributed by atoms with Gasteiger partial charge in [0, 0.05) is 56.8 Å². The van der Waals surface area contributed by atoms with Crippen molar-refractivity contribution in [3.8, 4) is 0 Å². The van der Waals surface area contributed by atoms with Gasteiger partial charge >= 0.3 is 0 Å². The van der Waals surface area contributed by atoms with Gasteiger partial charge in [0.2, 0.25) is 5.91 Å². The summed E-state index contributed by atoms with van der Waals surface area (Å²) in [6.45, 7) is 4.63. The molecule has 2 aliphatic heterocycles. The van der Waals surface area contributed by atoms with E-state index in [1.54, 1.807) is 11.3 Å². The van der Waals surface area contributed by atoms with Crippen LogP contribution in [0.5, 0.6) is 0 Å². The predicted octanol–water partition coefficient (Wildman–Crippen LogP) is 2.71. The summed E-state index contributed by atoms with van der Waals surface area (Å²) in [6, 6.07) is 4.31. The van der Waals surface area contributed by atoms with E-state index in [0.717, 1.165) is 50.8 Å². The van der Waals surface area contributed by atoms with Gasteiger partial charge in [-0.2, -0.15) is 0 Å². The molecule has 0 aromatic carbocycles. The number of hydrogen-bond donors (Lipinski definition) is 0. The minimum atomic E-state index is -0.277. The topological polar surface area (TPSA) is 41.4 Å². The molecule has 5 rings (SSSR count). The summed E-state index contributed by atoms with van der Waals surface area (Å²) in [5, 5.41) is 2.13. The molecule has 0 radical (unpaired) electrons. The molecule has 2 atom stereocenters.